The van der Waals surface area contributed by atoms with Crippen LogP contribution < -0.4 is 21.9 Å². The monoisotopic (exact) mass is 355 g/mol. The third-order valence-electron chi connectivity index (χ3n) is 4.09. The first-order valence-corrected chi connectivity index (χ1v) is 8.02. The van der Waals surface area contributed by atoms with Gasteiger partial charge in [0.1, 0.15) is 11.6 Å². The first-order chi connectivity index (χ1) is 12.4. The highest BCUT2D eigenvalue weighted by atomic mass is 19.1. The zero-order chi connectivity index (χ0) is 18.8. The van der Waals surface area contributed by atoms with Gasteiger partial charge in [0.15, 0.2) is 0 Å². The highest BCUT2D eigenvalue weighted by Gasteiger charge is 2.13. The lowest BCUT2D eigenvalue weighted by Crippen LogP contribution is -2.22. The standard InChI is InChI=1S/C18H18FN5O2/c1-3-24-15-8-16(21-2)22-9-11(15)6-12(17(24)25)10-4-5-13(19)14(7-10)23-18(20)26/h4-9H,3H2,1-2H3,(H,21,22)(H3,20,23,26). The summed E-state index contributed by atoms with van der Waals surface area (Å²) in [7, 11) is 1.75. The van der Waals surface area contributed by atoms with Crippen molar-refractivity contribution in [1.29, 1.82) is 0 Å². The number of hydrogen-bond acceptors (Lipinski definition) is 4. The molecule has 4 N–H and O–H groups in total. The van der Waals surface area contributed by atoms with E-state index in [0.29, 0.717) is 23.5 Å². The van der Waals surface area contributed by atoms with E-state index in [-0.39, 0.29) is 11.2 Å². The first kappa shape index (κ1) is 17.4. The Morgan fingerprint density at radius 2 is 2.08 bits per heavy atom. The number of nitrogens with zero attached hydrogens (tertiary/aromatic N) is 2. The number of benzene rings is 1. The van der Waals surface area contributed by atoms with E-state index in [9.17, 15) is 14.0 Å². The Morgan fingerprint density at radius 1 is 1.31 bits per heavy atom. The van der Waals surface area contributed by atoms with E-state index in [1.165, 1.54) is 18.2 Å². The minimum absolute atomic E-state index is 0.0822. The number of carbonyl (C=O) groups excluding carboxylic acids is 1. The molecule has 3 aromatic rings. The molecule has 134 valence electrons. The Morgan fingerprint density at radius 3 is 2.73 bits per heavy atom. The summed E-state index contributed by atoms with van der Waals surface area (Å²) >= 11 is 0. The summed E-state index contributed by atoms with van der Waals surface area (Å²) in [6.45, 7) is 2.33. The minimum atomic E-state index is -0.880. The van der Waals surface area contributed by atoms with E-state index in [1.54, 1.807) is 29.9 Å². The number of carbonyl (C=O) groups is 1. The number of fused-ring (bicyclic) bond motifs is 1. The van der Waals surface area contributed by atoms with Crippen LogP contribution in [0.1, 0.15) is 6.92 Å². The van der Waals surface area contributed by atoms with Gasteiger partial charge in [-0.1, -0.05) is 6.07 Å². The van der Waals surface area contributed by atoms with Crippen LogP contribution in [0, 0.1) is 5.82 Å². The van der Waals surface area contributed by atoms with Gasteiger partial charge in [0.2, 0.25) is 0 Å². The SMILES string of the molecule is CCn1c(=O)c(-c2ccc(F)c(NC(N)=O)c2)cc2cnc(NC)cc21. The predicted molar refractivity (Wildman–Crippen MR) is 99.8 cm³/mol. The van der Waals surface area contributed by atoms with E-state index < -0.39 is 11.8 Å². The van der Waals surface area contributed by atoms with Crippen LogP contribution in [0.2, 0.25) is 0 Å². The maximum Gasteiger partial charge on any atom is 0.316 e. The molecule has 2 heterocycles. The van der Waals surface area contributed by atoms with E-state index in [1.807, 2.05) is 6.92 Å². The Kier molecular flexibility index (Phi) is 4.57. The van der Waals surface area contributed by atoms with Crippen LogP contribution in [0.3, 0.4) is 0 Å². The second-order valence-electron chi connectivity index (χ2n) is 5.67. The van der Waals surface area contributed by atoms with Crippen molar-refractivity contribution in [2.75, 3.05) is 17.7 Å². The lowest BCUT2D eigenvalue weighted by atomic mass is 10.0. The summed E-state index contributed by atoms with van der Waals surface area (Å²) in [5.74, 6) is 0.0195. The summed E-state index contributed by atoms with van der Waals surface area (Å²) in [6, 6.07) is 6.68. The molecule has 0 spiro atoms. The van der Waals surface area contributed by atoms with Crippen molar-refractivity contribution in [1.82, 2.24) is 9.55 Å². The molecule has 0 atom stereocenters. The quantitative estimate of drug-likeness (QED) is 0.670. The molecule has 0 saturated heterocycles. The number of nitrogens with one attached hydrogen (secondary N) is 2. The van der Waals surface area contributed by atoms with Crippen molar-refractivity contribution in [2.24, 2.45) is 5.73 Å². The predicted octanol–water partition coefficient (Wildman–Crippen LogP) is 2.75. The fraction of sp³-hybridized carbons (Fsp3) is 0.167. The zero-order valence-corrected chi connectivity index (χ0v) is 14.3. The normalized spacial score (nSPS) is 10.7. The maximum atomic E-state index is 13.9. The molecule has 7 nitrogen and oxygen atoms in total. The van der Waals surface area contributed by atoms with Crippen molar-refractivity contribution in [3.8, 4) is 11.1 Å². The molecular formula is C18H18FN5O2. The minimum Gasteiger partial charge on any atom is -0.373 e. The van der Waals surface area contributed by atoms with Gasteiger partial charge < -0.3 is 20.9 Å². The highest BCUT2D eigenvalue weighted by Crippen LogP contribution is 2.26. The first-order valence-electron chi connectivity index (χ1n) is 8.02. The highest BCUT2D eigenvalue weighted by molar-refractivity contribution is 5.90. The van der Waals surface area contributed by atoms with Crippen molar-refractivity contribution < 1.29 is 9.18 Å². The third kappa shape index (κ3) is 3.08. The molecule has 2 amide bonds. The van der Waals surface area contributed by atoms with Gasteiger partial charge in [-0.2, -0.15) is 0 Å². The number of anilines is 2. The summed E-state index contributed by atoms with van der Waals surface area (Å²) in [5.41, 5.74) is 6.37. The average molecular weight is 355 g/mol. The van der Waals surface area contributed by atoms with Crippen LogP contribution in [0.4, 0.5) is 20.7 Å². The van der Waals surface area contributed by atoms with Crippen LogP contribution in [0.5, 0.6) is 0 Å². The summed E-state index contributed by atoms with van der Waals surface area (Å²) in [5, 5.41) is 5.94. The van der Waals surface area contributed by atoms with Crippen LogP contribution in [-0.4, -0.2) is 22.6 Å². The molecule has 3 rings (SSSR count). The molecule has 0 aliphatic heterocycles. The number of aryl methyl sites for hydroxylation is 1. The number of primary amides is 1. The number of amides is 2. The second-order valence-corrected chi connectivity index (χ2v) is 5.67. The number of pyridine rings is 2. The molecule has 0 unspecified atom stereocenters. The maximum absolute atomic E-state index is 13.9. The fourth-order valence-corrected chi connectivity index (χ4v) is 2.85. The van der Waals surface area contributed by atoms with E-state index in [0.717, 1.165) is 10.9 Å². The van der Waals surface area contributed by atoms with Gasteiger partial charge in [0, 0.05) is 36.8 Å². The molecule has 0 bridgehead atoms. The number of hydrogen-bond donors (Lipinski definition) is 3. The van der Waals surface area contributed by atoms with Gasteiger partial charge in [0.25, 0.3) is 5.56 Å². The van der Waals surface area contributed by atoms with E-state index in [4.69, 9.17) is 5.73 Å². The van der Waals surface area contributed by atoms with Crippen molar-refractivity contribution in [3.05, 3.63) is 52.7 Å². The van der Waals surface area contributed by atoms with Crippen molar-refractivity contribution in [3.63, 3.8) is 0 Å². The van der Waals surface area contributed by atoms with Gasteiger partial charge in [0.05, 0.1) is 11.2 Å². The molecule has 0 radical (unpaired) electrons. The topological polar surface area (TPSA) is 102 Å². The summed E-state index contributed by atoms with van der Waals surface area (Å²) in [6.07, 6.45) is 1.67. The summed E-state index contributed by atoms with van der Waals surface area (Å²) < 4.78 is 15.5. The molecule has 26 heavy (non-hydrogen) atoms. The largest absolute Gasteiger partial charge is 0.373 e. The van der Waals surface area contributed by atoms with Crippen molar-refractivity contribution >= 4 is 28.4 Å². The number of nitrogens with two attached hydrogens (primary N) is 1. The van der Waals surface area contributed by atoms with Crippen LogP contribution in [-0.2, 0) is 6.54 Å². The van der Waals surface area contributed by atoms with Crippen LogP contribution in [0.15, 0.2) is 41.3 Å². The van der Waals surface area contributed by atoms with Gasteiger partial charge in [-0.3, -0.25) is 4.79 Å². The average Bonchev–Trinajstić information content (AvgIpc) is 2.62. The van der Waals surface area contributed by atoms with Crippen molar-refractivity contribution in [2.45, 2.75) is 13.5 Å². The Labute approximate surface area is 148 Å². The molecular weight excluding hydrogens is 337 g/mol. The molecule has 0 saturated carbocycles. The molecule has 0 aliphatic carbocycles. The number of aromatic nitrogens is 2. The van der Waals surface area contributed by atoms with Gasteiger partial charge in [-0.25, -0.2) is 14.2 Å². The van der Waals surface area contributed by atoms with Gasteiger partial charge in [-0.05, 0) is 30.7 Å². The van der Waals surface area contributed by atoms with E-state index in [2.05, 4.69) is 15.6 Å². The smallest absolute Gasteiger partial charge is 0.316 e. The fourth-order valence-electron chi connectivity index (χ4n) is 2.85. The van der Waals surface area contributed by atoms with E-state index >= 15 is 0 Å². The Hall–Kier alpha value is -3.42. The molecule has 0 fully saturated rings. The van der Waals surface area contributed by atoms with Gasteiger partial charge >= 0.3 is 6.03 Å². The number of urea groups is 1. The Balaban J connectivity index is 2.24. The second kappa shape index (κ2) is 6.83. The molecule has 8 heteroatoms. The lowest BCUT2D eigenvalue weighted by molar-refractivity contribution is 0.259. The van der Waals surface area contributed by atoms with Crippen LogP contribution in [0.25, 0.3) is 22.0 Å². The summed E-state index contributed by atoms with van der Waals surface area (Å²) in [4.78, 5) is 28.3. The number of rotatable bonds is 4. The molecule has 0 aliphatic rings. The molecule has 1 aromatic carbocycles. The number of halogens is 1. The van der Waals surface area contributed by atoms with Gasteiger partial charge in [-0.15, -0.1) is 0 Å². The Bertz CT molecular complexity index is 1060. The lowest BCUT2D eigenvalue weighted by Gasteiger charge is -2.13. The molecule has 2 aromatic heterocycles. The third-order valence-corrected chi connectivity index (χ3v) is 4.09. The zero-order valence-electron chi connectivity index (χ0n) is 14.3. The van der Waals surface area contributed by atoms with Crippen LogP contribution >= 0.6 is 0 Å².